The van der Waals surface area contributed by atoms with Gasteiger partial charge in [-0.25, -0.2) is 18.8 Å². The first-order valence-electron chi connectivity index (χ1n) is 8.31. The maximum Gasteiger partial charge on any atom is 0.272 e. The predicted octanol–water partition coefficient (Wildman–Crippen LogP) is 2.42. The quantitative estimate of drug-likeness (QED) is 0.615. The highest BCUT2D eigenvalue weighted by atomic mass is 32.1. The van der Waals surface area contributed by atoms with Crippen molar-refractivity contribution in [2.75, 3.05) is 37.7 Å². The van der Waals surface area contributed by atoms with Crippen LogP contribution in [-0.2, 0) is 6.54 Å². The molecule has 1 aromatic carbocycles. The molecule has 1 aliphatic rings. The highest BCUT2D eigenvalue weighted by molar-refractivity contribution is 7.13. The number of hydrogen-bond acceptors (Lipinski definition) is 5. The zero-order valence-electron chi connectivity index (χ0n) is 14.2. The number of alkyl halides is 2. The monoisotopic (exact) mass is 381 g/mol. The van der Waals surface area contributed by atoms with E-state index in [4.69, 9.17) is 10.5 Å². The first-order chi connectivity index (χ1) is 12.6. The third kappa shape index (κ3) is 5.04. The molecule has 3 rings (SSSR count). The molecule has 0 spiro atoms. The molecule has 2 heterocycles. The Hall–Kier alpha value is -2.42. The van der Waals surface area contributed by atoms with Gasteiger partial charge in [0.25, 0.3) is 6.43 Å². The standard InChI is InChI=1S/C17H21F2N5OS/c18-15(19)12-25-14-3-1-2-13(10-14)11-22-16(20)23-5-7-24(8-6-23)17-21-4-9-26-17/h1-4,9-10,15H,5-8,11-12H2,(H2,20,22). The lowest BCUT2D eigenvalue weighted by atomic mass is 10.2. The summed E-state index contributed by atoms with van der Waals surface area (Å²) in [6.45, 7) is 3.03. The number of hydrogen-bond donors (Lipinski definition) is 1. The van der Waals surface area contributed by atoms with E-state index in [1.54, 1.807) is 35.7 Å². The van der Waals surface area contributed by atoms with Crippen LogP contribution in [0.5, 0.6) is 5.75 Å². The van der Waals surface area contributed by atoms with Crippen LogP contribution in [0.2, 0.25) is 0 Å². The summed E-state index contributed by atoms with van der Waals surface area (Å²) in [6.07, 6.45) is -0.684. The molecule has 0 atom stereocenters. The average Bonchev–Trinajstić information content (AvgIpc) is 3.20. The van der Waals surface area contributed by atoms with Crippen molar-refractivity contribution < 1.29 is 13.5 Å². The fourth-order valence-electron chi connectivity index (χ4n) is 2.66. The topological polar surface area (TPSA) is 67.0 Å². The maximum atomic E-state index is 12.2. The Bertz CT molecular complexity index is 718. The molecule has 2 aromatic rings. The minimum atomic E-state index is -2.49. The number of guanidine groups is 1. The Labute approximate surface area is 154 Å². The largest absolute Gasteiger partial charge is 0.488 e. The van der Waals surface area contributed by atoms with Crippen molar-refractivity contribution in [3.05, 3.63) is 41.4 Å². The second-order valence-electron chi connectivity index (χ2n) is 5.81. The molecule has 0 radical (unpaired) electrons. The number of benzene rings is 1. The Morgan fingerprint density at radius 3 is 2.81 bits per heavy atom. The van der Waals surface area contributed by atoms with Crippen LogP contribution < -0.4 is 15.4 Å². The zero-order valence-corrected chi connectivity index (χ0v) is 15.0. The molecule has 6 nitrogen and oxygen atoms in total. The van der Waals surface area contributed by atoms with Gasteiger partial charge in [-0.15, -0.1) is 11.3 Å². The fourth-order valence-corrected chi connectivity index (χ4v) is 3.36. The van der Waals surface area contributed by atoms with Gasteiger partial charge in [-0.2, -0.15) is 0 Å². The zero-order chi connectivity index (χ0) is 18.4. The second-order valence-corrected chi connectivity index (χ2v) is 6.69. The molecule has 0 aliphatic carbocycles. The molecule has 1 fully saturated rings. The molecule has 2 N–H and O–H groups in total. The molecular weight excluding hydrogens is 360 g/mol. The number of aromatic nitrogens is 1. The second kappa shape index (κ2) is 8.79. The first kappa shape index (κ1) is 18.4. The molecule has 1 saturated heterocycles. The van der Waals surface area contributed by atoms with E-state index in [1.165, 1.54) is 0 Å². The first-order valence-corrected chi connectivity index (χ1v) is 9.19. The molecule has 0 saturated carbocycles. The Kier molecular flexibility index (Phi) is 6.21. The van der Waals surface area contributed by atoms with Gasteiger partial charge in [0.15, 0.2) is 11.1 Å². The van der Waals surface area contributed by atoms with Crippen molar-refractivity contribution in [1.29, 1.82) is 0 Å². The van der Waals surface area contributed by atoms with Gasteiger partial charge in [0, 0.05) is 37.8 Å². The predicted molar refractivity (Wildman–Crippen MR) is 99.2 cm³/mol. The third-order valence-electron chi connectivity index (χ3n) is 3.99. The molecule has 0 amide bonds. The van der Waals surface area contributed by atoms with Gasteiger partial charge in [-0.05, 0) is 17.7 Å². The van der Waals surface area contributed by atoms with E-state index in [2.05, 4.69) is 14.9 Å². The fraction of sp³-hybridized carbons (Fsp3) is 0.412. The van der Waals surface area contributed by atoms with Crippen LogP contribution >= 0.6 is 11.3 Å². The van der Waals surface area contributed by atoms with Gasteiger partial charge in [0.1, 0.15) is 12.4 Å². The summed E-state index contributed by atoms with van der Waals surface area (Å²) in [4.78, 5) is 13.0. The smallest absolute Gasteiger partial charge is 0.272 e. The lowest BCUT2D eigenvalue weighted by Crippen LogP contribution is -2.51. The number of rotatable bonds is 6. The van der Waals surface area contributed by atoms with E-state index in [9.17, 15) is 8.78 Å². The van der Waals surface area contributed by atoms with Crippen molar-refractivity contribution >= 4 is 22.4 Å². The SMILES string of the molecule is NC(=NCc1cccc(OCC(F)F)c1)N1CCN(c2nccs2)CC1. The van der Waals surface area contributed by atoms with Crippen LogP contribution in [0.3, 0.4) is 0 Å². The van der Waals surface area contributed by atoms with Crippen molar-refractivity contribution in [2.45, 2.75) is 13.0 Å². The van der Waals surface area contributed by atoms with E-state index >= 15 is 0 Å². The van der Waals surface area contributed by atoms with Crippen LogP contribution in [0, 0.1) is 0 Å². The van der Waals surface area contributed by atoms with Crippen molar-refractivity contribution in [3.8, 4) is 5.75 Å². The molecule has 0 bridgehead atoms. The number of ether oxygens (including phenoxy) is 1. The van der Waals surface area contributed by atoms with Gasteiger partial charge in [-0.3, -0.25) is 0 Å². The number of thiazole rings is 1. The van der Waals surface area contributed by atoms with Gasteiger partial charge >= 0.3 is 0 Å². The lowest BCUT2D eigenvalue weighted by molar-refractivity contribution is 0.0818. The highest BCUT2D eigenvalue weighted by Gasteiger charge is 2.19. The Balaban J connectivity index is 1.51. The van der Waals surface area contributed by atoms with Gasteiger partial charge in [0.05, 0.1) is 6.54 Å². The number of nitrogens with two attached hydrogens (primary N) is 1. The molecule has 9 heteroatoms. The van der Waals surface area contributed by atoms with E-state index in [0.29, 0.717) is 18.3 Å². The Morgan fingerprint density at radius 2 is 2.12 bits per heavy atom. The Morgan fingerprint density at radius 1 is 1.31 bits per heavy atom. The highest BCUT2D eigenvalue weighted by Crippen LogP contribution is 2.19. The number of piperazine rings is 1. The van der Waals surface area contributed by atoms with Gasteiger partial charge < -0.3 is 20.3 Å². The van der Waals surface area contributed by atoms with Gasteiger partial charge in [-0.1, -0.05) is 12.1 Å². The van der Waals surface area contributed by atoms with E-state index in [0.717, 1.165) is 36.9 Å². The number of aliphatic imine (C=N–C) groups is 1. The van der Waals surface area contributed by atoms with Gasteiger partial charge in [0.2, 0.25) is 0 Å². The summed E-state index contributed by atoms with van der Waals surface area (Å²) in [7, 11) is 0. The van der Waals surface area contributed by atoms with Crippen LogP contribution in [0.1, 0.15) is 5.56 Å². The molecule has 140 valence electrons. The van der Waals surface area contributed by atoms with Crippen molar-refractivity contribution in [1.82, 2.24) is 9.88 Å². The van der Waals surface area contributed by atoms with Crippen LogP contribution in [-0.4, -0.2) is 55.1 Å². The molecule has 1 aliphatic heterocycles. The van der Waals surface area contributed by atoms with E-state index < -0.39 is 13.0 Å². The van der Waals surface area contributed by atoms with Crippen molar-refractivity contribution in [2.24, 2.45) is 10.7 Å². The summed E-state index contributed by atoms with van der Waals surface area (Å²) < 4.78 is 29.5. The number of halogens is 2. The van der Waals surface area contributed by atoms with E-state index in [-0.39, 0.29) is 0 Å². The summed E-state index contributed by atoms with van der Waals surface area (Å²) >= 11 is 1.63. The molecule has 0 unspecified atom stereocenters. The van der Waals surface area contributed by atoms with Crippen LogP contribution in [0.25, 0.3) is 0 Å². The molecule has 26 heavy (non-hydrogen) atoms. The minimum Gasteiger partial charge on any atom is -0.488 e. The number of nitrogens with zero attached hydrogens (tertiary/aromatic N) is 4. The summed E-state index contributed by atoms with van der Waals surface area (Å²) in [6, 6.07) is 6.98. The van der Waals surface area contributed by atoms with Crippen molar-refractivity contribution in [3.63, 3.8) is 0 Å². The molecular formula is C17H21F2N5OS. The summed E-state index contributed by atoms with van der Waals surface area (Å²) in [5, 5.41) is 3.00. The van der Waals surface area contributed by atoms with Crippen LogP contribution in [0.15, 0.2) is 40.8 Å². The number of anilines is 1. The average molecular weight is 381 g/mol. The summed E-state index contributed by atoms with van der Waals surface area (Å²) in [5.41, 5.74) is 6.97. The molecule has 1 aromatic heterocycles. The summed E-state index contributed by atoms with van der Waals surface area (Å²) in [5.74, 6) is 0.899. The normalized spacial score (nSPS) is 15.6. The van der Waals surface area contributed by atoms with Crippen LogP contribution in [0.4, 0.5) is 13.9 Å². The minimum absolute atomic E-state index is 0.379. The van der Waals surface area contributed by atoms with E-state index in [1.807, 2.05) is 16.3 Å². The maximum absolute atomic E-state index is 12.2. The third-order valence-corrected chi connectivity index (χ3v) is 4.82. The lowest BCUT2D eigenvalue weighted by Gasteiger charge is -2.35.